The first-order valence-corrected chi connectivity index (χ1v) is 12.2. The van der Waals surface area contributed by atoms with Gasteiger partial charge in [-0.2, -0.15) is 0 Å². The maximum absolute atomic E-state index is 12.8. The van der Waals surface area contributed by atoms with E-state index in [1.807, 2.05) is 25.3 Å². The molecule has 0 bridgehead atoms. The van der Waals surface area contributed by atoms with E-state index in [1.165, 1.54) is 24.6 Å². The van der Waals surface area contributed by atoms with Crippen LogP contribution in [-0.2, 0) is 11.3 Å². The van der Waals surface area contributed by atoms with Gasteiger partial charge in [0.1, 0.15) is 0 Å². The van der Waals surface area contributed by atoms with E-state index < -0.39 is 0 Å². The first-order chi connectivity index (χ1) is 14.9. The maximum Gasteiger partial charge on any atom is 0.253 e. The fraction of sp³-hybridized carbons (Fsp3) is 0.545. The van der Waals surface area contributed by atoms with Gasteiger partial charge < -0.3 is 15.2 Å². The van der Waals surface area contributed by atoms with Crippen LogP contribution in [-0.4, -0.2) is 38.4 Å². The third-order valence-electron chi connectivity index (χ3n) is 5.46. The molecule has 1 atom stereocenters. The molecule has 1 aliphatic carbocycles. The van der Waals surface area contributed by atoms with Gasteiger partial charge in [-0.15, -0.1) is 10.2 Å². The third-order valence-corrected chi connectivity index (χ3v) is 6.76. The Morgan fingerprint density at radius 3 is 2.58 bits per heavy atom. The van der Waals surface area contributed by atoms with Gasteiger partial charge in [-0.25, -0.2) is 0 Å². The number of aromatic nitrogens is 3. The van der Waals surface area contributed by atoms with Crippen molar-refractivity contribution in [1.29, 1.82) is 0 Å². The molecule has 9 heteroatoms. The van der Waals surface area contributed by atoms with Gasteiger partial charge in [0, 0.05) is 12.6 Å². The van der Waals surface area contributed by atoms with Crippen LogP contribution < -0.4 is 10.6 Å². The second-order valence-corrected chi connectivity index (χ2v) is 9.45. The molecule has 1 aromatic carbocycles. The summed E-state index contributed by atoms with van der Waals surface area (Å²) in [4.78, 5) is 25.1. The topological polar surface area (TPSA) is 88.9 Å². The summed E-state index contributed by atoms with van der Waals surface area (Å²) in [5.74, 6) is 0.838. The lowest BCUT2D eigenvalue weighted by Gasteiger charge is -2.22. The fourth-order valence-electron chi connectivity index (χ4n) is 3.80. The normalized spacial score (nSPS) is 15.3. The molecule has 1 saturated carbocycles. The zero-order valence-electron chi connectivity index (χ0n) is 18.2. The van der Waals surface area contributed by atoms with Gasteiger partial charge in [-0.3, -0.25) is 9.59 Å². The summed E-state index contributed by atoms with van der Waals surface area (Å²) in [7, 11) is 0. The second-order valence-electron chi connectivity index (χ2n) is 8.10. The average molecular weight is 464 g/mol. The third kappa shape index (κ3) is 6.01. The van der Waals surface area contributed by atoms with Crippen LogP contribution in [0.3, 0.4) is 0 Å². The molecule has 1 aliphatic rings. The van der Waals surface area contributed by atoms with E-state index in [2.05, 4.69) is 20.8 Å². The summed E-state index contributed by atoms with van der Waals surface area (Å²) in [5, 5.41) is 15.9. The summed E-state index contributed by atoms with van der Waals surface area (Å²) in [6.07, 6.45) is 4.49. The van der Waals surface area contributed by atoms with Crippen LogP contribution in [0.15, 0.2) is 29.4 Å². The summed E-state index contributed by atoms with van der Waals surface area (Å²) >= 11 is 7.56. The van der Waals surface area contributed by atoms with Crippen molar-refractivity contribution in [2.75, 3.05) is 5.75 Å². The smallest absolute Gasteiger partial charge is 0.253 e. The molecule has 0 radical (unpaired) electrons. The molecule has 3 rings (SSSR count). The zero-order chi connectivity index (χ0) is 22.4. The number of amides is 2. The minimum atomic E-state index is -0.335. The van der Waals surface area contributed by atoms with Gasteiger partial charge in [-0.1, -0.05) is 62.2 Å². The Morgan fingerprint density at radius 2 is 1.94 bits per heavy atom. The van der Waals surface area contributed by atoms with E-state index in [1.54, 1.807) is 24.3 Å². The molecule has 2 N–H and O–H groups in total. The highest BCUT2D eigenvalue weighted by Crippen LogP contribution is 2.26. The average Bonchev–Trinajstić information content (AvgIpc) is 3.39. The summed E-state index contributed by atoms with van der Waals surface area (Å²) < 4.78 is 1.96. The first-order valence-electron chi connectivity index (χ1n) is 10.8. The van der Waals surface area contributed by atoms with Gasteiger partial charge in [0.15, 0.2) is 11.0 Å². The molecule has 1 aromatic heterocycles. The van der Waals surface area contributed by atoms with E-state index >= 15 is 0 Å². The highest BCUT2D eigenvalue weighted by atomic mass is 35.5. The summed E-state index contributed by atoms with van der Waals surface area (Å²) in [6, 6.07) is 6.94. The van der Waals surface area contributed by atoms with Gasteiger partial charge in [0.25, 0.3) is 5.91 Å². The summed E-state index contributed by atoms with van der Waals surface area (Å²) in [6.45, 7) is 6.69. The molecule has 1 heterocycles. The lowest BCUT2D eigenvalue weighted by molar-refractivity contribution is -0.119. The summed E-state index contributed by atoms with van der Waals surface area (Å²) in [5.41, 5.74) is 0.426. The Bertz CT molecular complexity index is 911. The van der Waals surface area contributed by atoms with Crippen LogP contribution in [0.4, 0.5) is 0 Å². The van der Waals surface area contributed by atoms with E-state index in [4.69, 9.17) is 11.6 Å². The number of benzene rings is 1. The van der Waals surface area contributed by atoms with E-state index in [0.717, 1.165) is 12.8 Å². The second kappa shape index (κ2) is 11.0. The molecule has 1 fully saturated rings. The van der Waals surface area contributed by atoms with Crippen LogP contribution in [0.5, 0.6) is 0 Å². The first kappa shape index (κ1) is 23.6. The van der Waals surface area contributed by atoms with E-state index in [-0.39, 0.29) is 23.8 Å². The highest BCUT2D eigenvalue weighted by molar-refractivity contribution is 7.99. The van der Waals surface area contributed by atoms with Crippen molar-refractivity contribution < 1.29 is 9.59 Å². The van der Waals surface area contributed by atoms with Crippen molar-refractivity contribution in [1.82, 2.24) is 25.4 Å². The number of halogens is 1. The zero-order valence-corrected chi connectivity index (χ0v) is 19.8. The molecule has 0 aliphatic heterocycles. The Balaban J connectivity index is 1.70. The van der Waals surface area contributed by atoms with Crippen LogP contribution in [0.25, 0.3) is 0 Å². The fourth-order valence-corrected chi connectivity index (χ4v) is 4.84. The number of hydrogen-bond acceptors (Lipinski definition) is 5. The molecule has 0 unspecified atom stereocenters. The number of nitrogens with zero attached hydrogens (tertiary/aromatic N) is 3. The molecular weight excluding hydrogens is 434 g/mol. The minimum absolute atomic E-state index is 0.0246. The SMILES string of the molecule is CCn1c(SCC(=O)NC2CCCC2)nnc1[C@@H](NC(=O)c1ccccc1Cl)C(C)C. The monoisotopic (exact) mass is 463 g/mol. The van der Waals surface area contributed by atoms with Gasteiger partial charge in [0.05, 0.1) is 22.4 Å². The molecule has 7 nitrogen and oxygen atoms in total. The molecule has 31 heavy (non-hydrogen) atoms. The van der Waals surface area contributed by atoms with Crippen molar-refractivity contribution in [3.8, 4) is 0 Å². The van der Waals surface area contributed by atoms with Crippen molar-refractivity contribution in [3.05, 3.63) is 40.7 Å². The standard InChI is InChI=1S/C22H30ClN5O2S/c1-4-28-20(19(14(2)3)25-21(30)16-11-7-8-12-17(16)23)26-27-22(28)31-13-18(29)24-15-9-5-6-10-15/h7-8,11-12,14-15,19H,4-6,9-10,13H2,1-3H3,(H,24,29)(H,25,30)/t19-/m0/s1. The Labute approximate surface area is 192 Å². The van der Waals surface area contributed by atoms with Crippen molar-refractivity contribution in [3.63, 3.8) is 0 Å². The Kier molecular flexibility index (Phi) is 8.37. The number of carbonyl (C=O) groups is 2. The lowest BCUT2D eigenvalue weighted by atomic mass is 10.0. The van der Waals surface area contributed by atoms with Gasteiger partial charge in [0.2, 0.25) is 5.91 Å². The molecule has 0 spiro atoms. The quantitative estimate of drug-likeness (QED) is 0.543. The molecule has 2 aromatic rings. The van der Waals surface area contributed by atoms with Crippen LogP contribution >= 0.6 is 23.4 Å². The van der Waals surface area contributed by atoms with Crippen molar-refractivity contribution in [2.45, 2.75) is 70.2 Å². The van der Waals surface area contributed by atoms with E-state index in [9.17, 15) is 9.59 Å². The highest BCUT2D eigenvalue weighted by Gasteiger charge is 2.27. The number of thioether (sulfide) groups is 1. The largest absolute Gasteiger partial charge is 0.353 e. The molecule has 168 valence electrons. The Morgan fingerprint density at radius 1 is 1.23 bits per heavy atom. The van der Waals surface area contributed by atoms with Crippen LogP contribution in [0.1, 0.15) is 68.7 Å². The van der Waals surface area contributed by atoms with Crippen LogP contribution in [0.2, 0.25) is 5.02 Å². The number of hydrogen-bond donors (Lipinski definition) is 2. The molecule has 2 amide bonds. The predicted molar refractivity (Wildman–Crippen MR) is 123 cm³/mol. The molecule has 0 saturated heterocycles. The van der Waals surface area contributed by atoms with Gasteiger partial charge in [-0.05, 0) is 37.8 Å². The number of carbonyl (C=O) groups excluding carboxylic acids is 2. The van der Waals surface area contributed by atoms with Crippen molar-refractivity contribution >= 4 is 35.2 Å². The lowest BCUT2D eigenvalue weighted by Crippen LogP contribution is -2.34. The minimum Gasteiger partial charge on any atom is -0.353 e. The van der Waals surface area contributed by atoms with E-state index in [0.29, 0.717) is 39.9 Å². The predicted octanol–water partition coefficient (Wildman–Crippen LogP) is 4.23. The maximum atomic E-state index is 12.8. The molecular formula is C22H30ClN5O2S. The van der Waals surface area contributed by atoms with Crippen LogP contribution in [0, 0.1) is 5.92 Å². The number of nitrogens with one attached hydrogen (secondary N) is 2. The number of rotatable bonds is 9. The van der Waals surface area contributed by atoms with Crippen molar-refractivity contribution in [2.24, 2.45) is 5.92 Å². The Hall–Kier alpha value is -2.06. The van der Waals surface area contributed by atoms with Gasteiger partial charge >= 0.3 is 0 Å².